The number of phenolic OH excluding ortho intramolecular Hbond substituents is 2. The van der Waals surface area contributed by atoms with Crippen molar-refractivity contribution in [2.75, 3.05) is 18.1 Å². The number of azo groups is 2. The molecule has 0 heterocycles. The average Bonchev–Trinajstić information content (AvgIpc) is 3.09. The van der Waals surface area contributed by atoms with Crippen LogP contribution in [0.2, 0.25) is 0 Å². The van der Waals surface area contributed by atoms with Crippen molar-refractivity contribution >= 4 is 94.9 Å². The Morgan fingerprint density at radius 3 is 2.13 bits per heavy atom. The third-order valence-electron chi connectivity index (χ3n) is 6.46. The second-order valence-corrected chi connectivity index (χ2v) is 14.4. The molecule has 0 radical (unpaired) electrons. The molecule has 4 aromatic rings. The number of hydrogen-bond acceptors (Lipinski definition) is 24. The zero-order valence-electron chi connectivity index (χ0n) is 25.5. The van der Waals surface area contributed by atoms with Crippen molar-refractivity contribution in [1.82, 2.24) is 0 Å². The molecule has 0 spiro atoms. The molecule has 0 fully saturated rings. The Labute approximate surface area is 302 Å². The summed E-state index contributed by atoms with van der Waals surface area (Å²) in [5.41, 5.74) is 1.61. The fourth-order valence-electron chi connectivity index (χ4n) is 4.18. The summed E-state index contributed by atoms with van der Waals surface area (Å²) in [7, 11) is -9.47. The van der Waals surface area contributed by atoms with Crippen LogP contribution in [0.4, 0.5) is 39.8 Å². The Kier molecular flexibility index (Phi) is 13.1. The van der Waals surface area contributed by atoms with Crippen molar-refractivity contribution in [3.05, 3.63) is 68.8 Å². The average molecular weight is 822 g/mol. The Morgan fingerprint density at radius 2 is 1.49 bits per heavy atom. The molecule has 0 unspecified atom stereocenters. The van der Waals surface area contributed by atoms with Crippen molar-refractivity contribution in [2.24, 2.45) is 20.5 Å². The summed E-state index contributed by atoms with van der Waals surface area (Å²) >= 11 is 0.339. The lowest BCUT2D eigenvalue weighted by Crippen LogP contribution is -2.12. The maximum atomic E-state index is 12.7. The predicted molar refractivity (Wildman–Crippen MR) is 177 cm³/mol. The summed E-state index contributed by atoms with van der Waals surface area (Å²) in [5.74, 6) is -2.67. The van der Waals surface area contributed by atoms with E-state index in [1.165, 1.54) is 18.2 Å². The fraction of sp³-hybridized carbons (Fsp3) is 0.0833. The van der Waals surface area contributed by atoms with E-state index in [4.69, 9.17) is 20.4 Å². The highest BCUT2D eigenvalue weighted by Crippen LogP contribution is 2.49. The first-order valence-electron chi connectivity index (χ1n) is 13.3. The normalized spacial score (nSPS) is 12.3. The number of nitrogens with zero attached hydrogens (tertiary/aromatic N) is 6. The zero-order valence-corrected chi connectivity index (χ0v) is 28.7. The van der Waals surface area contributed by atoms with Crippen molar-refractivity contribution in [3.63, 3.8) is 0 Å². The lowest BCUT2D eigenvalue weighted by molar-refractivity contribution is -0.434. The largest absolute Gasteiger partial charge is 0.505 e. The number of phenols is 2. The van der Waals surface area contributed by atoms with E-state index in [1.807, 2.05) is 0 Å². The molecule has 7 N–H and O–H groups in total. The first-order chi connectivity index (χ1) is 25.0. The third-order valence-corrected chi connectivity index (χ3v) is 10.0. The van der Waals surface area contributed by atoms with Crippen LogP contribution in [-0.2, 0) is 42.9 Å². The minimum Gasteiger partial charge on any atom is -0.505 e. The number of fused-ring (bicyclic) bond motifs is 1. The van der Waals surface area contributed by atoms with Gasteiger partial charge in [0.15, 0.2) is 27.9 Å². The zero-order chi connectivity index (χ0) is 39.1. The van der Waals surface area contributed by atoms with E-state index in [1.54, 1.807) is 0 Å². The lowest BCUT2D eigenvalue weighted by atomic mass is 10.1. The number of sulfone groups is 1. The summed E-state index contributed by atoms with van der Waals surface area (Å²) in [6.07, 6.45) is 0. The number of nitro benzene ring substituents is 2. The quantitative estimate of drug-likeness (QED) is 0.0105. The van der Waals surface area contributed by atoms with Crippen molar-refractivity contribution in [3.8, 4) is 11.5 Å². The van der Waals surface area contributed by atoms with Crippen LogP contribution in [0.1, 0.15) is 0 Å². The molecule has 25 nitrogen and oxygen atoms in total. The number of hydrogen-bond donors (Lipinski definition) is 6. The number of aromatic hydroxyl groups is 2. The van der Waals surface area contributed by atoms with Gasteiger partial charge in [-0.15, -0.1) is 29.1 Å². The van der Waals surface area contributed by atoms with Gasteiger partial charge in [-0.3, -0.25) is 29.0 Å². The molecule has 0 aliphatic carbocycles. The molecule has 0 aliphatic rings. The van der Waals surface area contributed by atoms with Crippen LogP contribution in [0.25, 0.3) is 10.8 Å². The first kappa shape index (κ1) is 40.6. The highest BCUT2D eigenvalue weighted by molar-refractivity contribution is 7.94. The molecule has 4 rings (SSSR count). The fourth-order valence-corrected chi connectivity index (χ4v) is 6.83. The smallest absolute Gasteiger partial charge is 0.319 e. The maximum Gasteiger partial charge on any atom is 0.319 e. The molecule has 282 valence electrons. The molecule has 29 heteroatoms. The van der Waals surface area contributed by atoms with Gasteiger partial charge in [0.2, 0.25) is 5.75 Å². The number of benzene rings is 4. The number of non-ortho nitro benzene ring substituents is 1. The number of nitrogens with two attached hydrogens (primary N) is 1. The monoisotopic (exact) mass is 821 g/mol. The van der Waals surface area contributed by atoms with Crippen LogP contribution < -0.4 is 5.73 Å². The second-order valence-electron chi connectivity index (χ2n) is 9.60. The SMILES string of the molecule is Nc1ccc2cc(SOOO)c(/N=N/c3ccc(S(=O)(=O)CCOSOOO)cc3S(=O)(=O)O)c(O)c2c1N=Nc1cc([N+](=O)[O-])cc([N+](=O)[O-])c1O. The van der Waals surface area contributed by atoms with Gasteiger partial charge in [0.25, 0.3) is 15.8 Å². The van der Waals surface area contributed by atoms with Gasteiger partial charge in [-0.05, 0) is 35.7 Å². The van der Waals surface area contributed by atoms with E-state index >= 15 is 0 Å². The van der Waals surface area contributed by atoms with Gasteiger partial charge in [0, 0.05) is 6.07 Å². The standard InChI is InChI=1S/C24H19N7O18S4/c25-14-3-1-11-7-18(50-48-46-38)22(24(33)20(11)21(14)28-27-16-8-12(30(34)35)9-17(23(16)32)31(36)37)29-26-15-4-2-13(10-19(15)53(42,43)44)52(40,41)6-5-45-51-49-47-39/h1-4,7-10,32-33,38-39H,5-6,25H2,(H,42,43,44)/b28-27?,29-26+. The Balaban J connectivity index is 1.86. The summed E-state index contributed by atoms with van der Waals surface area (Å²) < 4.78 is 73.0. The van der Waals surface area contributed by atoms with Crippen molar-refractivity contribution < 1.29 is 74.9 Å². The van der Waals surface area contributed by atoms with E-state index in [0.29, 0.717) is 18.2 Å². The van der Waals surface area contributed by atoms with Gasteiger partial charge in [-0.25, -0.2) is 18.9 Å². The van der Waals surface area contributed by atoms with Crippen LogP contribution >= 0.6 is 24.4 Å². The van der Waals surface area contributed by atoms with Gasteiger partial charge in [-0.2, -0.15) is 8.42 Å². The molecular formula is C24H19N7O18S4. The van der Waals surface area contributed by atoms with E-state index in [0.717, 1.165) is 12.1 Å². The molecule has 0 bridgehead atoms. The Morgan fingerprint density at radius 1 is 0.811 bits per heavy atom. The summed E-state index contributed by atoms with van der Waals surface area (Å²) in [4.78, 5) is 18.7. The summed E-state index contributed by atoms with van der Waals surface area (Å²) in [6.45, 7) is -0.529. The van der Waals surface area contributed by atoms with Gasteiger partial charge < -0.3 is 15.9 Å². The number of nitro groups is 2. The molecule has 0 amide bonds. The van der Waals surface area contributed by atoms with Crippen LogP contribution in [0.5, 0.6) is 11.5 Å². The third kappa shape index (κ3) is 9.63. The van der Waals surface area contributed by atoms with Gasteiger partial charge in [0.1, 0.15) is 27.6 Å². The number of rotatable bonds is 17. The first-order valence-corrected chi connectivity index (χ1v) is 17.8. The van der Waals surface area contributed by atoms with E-state index < -0.39 is 91.9 Å². The molecule has 0 aromatic heterocycles. The minimum absolute atomic E-state index is 0.0916. The van der Waals surface area contributed by atoms with E-state index in [2.05, 4.69) is 39.2 Å². The Hall–Kier alpha value is -5.18. The van der Waals surface area contributed by atoms with Gasteiger partial charge in [0.05, 0.1) is 61.2 Å². The highest BCUT2D eigenvalue weighted by atomic mass is 32.2. The second kappa shape index (κ2) is 17.1. The van der Waals surface area contributed by atoms with Gasteiger partial charge in [-0.1, -0.05) is 16.1 Å². The predicted octanol–water partition coefficient (Wildman–Crippen LogP) is 5.93. The van der Waals surface area contributed by atoms with Crippen LogP contribution in [0, 0.1) is 20.2 Å². The van der Waals surface area contributed by atoms with Crippen LogP contribution in [-0.4, -0.2) is 64.3 Å². The molecule has 0 saturated carbocycles. The molecule has 0 aliphatic heterocycles. The van der Waals surface area contributed by atoms with Crippen LogP contribution in [0.15, 0.2) is 83.7 Å². The van der Waals surface area contributed by atoms with Gasteiger partial charge >= 0.3 is 5.69 Å². The van der Waals surface area contributed by atoms with E-state index in [-0.39, 0.29) is 51.4 Å². The summed E-state index contributed by atoms with van der Waals surface area (Å²) in [6, 6.07) is 7.32. The maximum absolute atomic E-state index is 12.7. The molecule has 0 saturated heterocycles. The summed E-state index contributed by atoms with van der Waals surface area (Å²) in [5, 5.41) is 83.0. The highest BCUT2D eigenvalue weighted by Gasteiger charge is 2.26. The van der Waals surface area contributed by atoms with Crippen molar-refractivity contribution in [2.45, 2.75) is 14.7 Å². The molecular weight excluding hydrogens is 803 g/mol. The number of nitrogen functional groups attached to an aromatic ring is 1. The van der Waals surface area contributed by atoms with Crippen molar-refractivity contribution in [1.29, 1.82) is 0 Å². The lowest BCUT2D eigenvalue weighted by Gasteiger charge is -2.12. The minimum atomic E-state index is -5.20. The number of anilines is 1. The molecule has 0 atom stereocenters. The Bertz CT molecular complexity index is 2360. The van der Waals surface area contributed by atoms with E-state index in [9.17, 15) is 51.8 Å². The molecule has 4 aromatic carbocycles. The molecule has 53 heavy (non-hydrogen) atoms. The topological polar surface area (TPSA) is 377 Å². The van der Waals surface area contributed by atoms with Crippen LogP contribution in [0.3, 0.4) is 0 Å².